The molecule has 0 aliphatic rings. The van der Waals surface area contributed by atoms with Crippen LogP contribution in [0, 0.1) is 0 Å². The Hall–Kier alpha value is -1.87. The number of hydrogen-bond donors (Lipinski definition) is 2. The minimum absolute atomic E-state index is 0.139. The molecule has 0 amide bonds. The highest BCUT2D eigenvalue weighted by Crippen LogP contribution is 2.23. The number of carbonyl (C=O) groups is 1. The maximum absolute atomic E-state index is 12.0. The lowest BCUT2D eigenvalue weighted by atomic mass is 10.5. The number of carboxylic acids is 1. The third kappa shape index (κ3) is 2.36. The Morgan fingerprint density at radius 3 is 2.78 bits per heavy atom. The second-order valence-electron chi connectivity index (χ2n) is 3.40. The van der Waals surface area contributed by atoms with Crippen LogP contribution in [0.25, 0.3) is 0 Å². The van der Waals surface area contributed by atoms with Crippen molar-refractivity contribution < 1.29 is 18.3 Å². The Kier molecular flexibility index (Phi) is 3.09. The molecule has 0 aliphatic carbocycles. The standard InChI is InChI=1S/C9H9N3O4S2/c1-12-4-2-7(10-12)11-18(15,16)6-3-5-17-8(6)9(13)14/h2-5H,1H3,(H,10,11)(H,13,14). The van der Waals surface area contributed by atoms with Crippen molar-refractivity contribution in [1.82, 2.24) is 9.78 Å². The smallest absolute Gasteiger partial charge is 0.347 e. The largest absolute Gasteiger partial charge is 0.477 e. The lowest BCUT2D eigenvalue weighted by Gasteiger charge is -2.04. The van der Waals surface area contributed by atoms with E-state index in [1.54, 1.807) is 13.2 Å². The van der Waals surface area contributed by atoms with Gasteiger partial charge >= 0.3 is 5.97 Å². The number of nitrogens with zero attached hydrogens (tertiary/aromatic N) is 2. The molecule has 2 aromatic heterocycles. The minimum atomic E-state index is -3.93. The Morgan fingerprint density at radius 1 is 1.50 bits per heavy atom. The topological polar surface area (TPSA) is 101 Å². The summed E-state index contributed by atoms with van der Waals surface area (Å²) in [6, 6.07) is 2.73. The molecule has 2 N–H and O–H groups in total. The van der Waals surface area contributed by atoms with Crippen molar-refractivity contribution in [3.63, 3.8) is 0 Å². The predicted octanol–water partition coefficient (Wildman–Crippen LogP) is 0.981. The van der Waals surface area contributed by atoms with E-state index >= 15 is 0 Å². The molecule has 2 heterocycles. The summed E-state index contributed by atoms with van der Waals surface area (Å²) in [5.74, 6) is -1.13. The van der Waals surface area contributed by atoms with Crippen molar-refractivity contribution in [2.24, 2.45) is 7.05 Å². The maximum atomic E-state index is 12.0. The van der Waals surface area contributed by atoms with Crippen LogP contribution >= 0.6 is 11.3 Å². The van der Waals surface area contributed by atoms with Gasteiger partial charge in [0.15, 0.2) is 5.82 Å². The summed E-state index contributed by atoms with van der Waals surface area (Å²) in [7, 11) is -2.28. The number of nitrogens with one attached hydrogen (secondary N) is 1. The van der Waals surface area contributed by atoms with Gasteiger partial charge in [0.2, 0.25) is 0 Å². The van der Waals surface area contributed by atoms with E-state index in [-0.39, 0.29) is 15.6 Å². The van der Waals surface area contributed by atoms with Crippen LogP contribution in [0.15, 0.2) is 28.6 Å². The molecule has 7 nitrogen and oxygen atoms in total. The Balaban J connectivity index is 2.37. The summed E-state index contributed by atoms with van der Waals surface area (Å²) < 4.78 is 27.6. The molecule has 0 saturated heterocycles. The third-order valence-corrected chi connectivity index (χ3v) is 4.49. The molecule has 0 atom stereocenters. The fourth-order valence-electron chi connectivity index (χ4n) is 1.33. The van der Waals surface area contributed by atoms with E-state index in [1.807, 2.05) is 0 Å². The van der Waals surface area contributed by atoms with Gasteiger partial charge < -0.3 is 5.11 Å². The molecule has 18 heavy (non-hydrogen) atoms. The number of aromatic carboxylic acids is 1. The van der Waals surface area contributed by atoms with Gasteiger partial charge in [-0.05, 0) is 11.4 Å². The van der Waals surface area contributed by atoms with E-state index in [9.17, 15) is 13.2 Å². The zero-order valence-electron chi connectivity index (χ0n) is 9.19. The monoisotopic (exact) mass is 287 g/mol. The SMILES string of the molecule is Cn1ccc(NS(=O)(=O)c2ccsc2C(=O)O)n1. The average Bonchev–Trinajstić information content (AvgIpc) is 2.86. The highest BCUT2D eigenvalue weighted by atomic mass is 32.2. The average molecular weight is 287 g/mol. The van der Waals surface area contributed by atoms with Crippen LogP contribution in [-0.2, 0) is 17.1 Å². The van der Waals surface area contributed by atoms with Gasteiger partial charge in [0.25, 0.3) is 10.0 Å². The highest BCUT2D eigenvalue weighted by Gasteiger charge is 2.24. The summed E-state index contributed by atoms with van der Waals surface area (Å²) in [6.07, 6.45) is 1.57. The molecular formula is C9H9N3O4S2. The molecule has 0 spiro atoms. The zero-order valence-corrected chi connectivity index (χ0v) is 10.8. The van der Waals surface area contributed by atoms with E-state index in [2.05, 4.69) is 9.82 Å². The number of hydrogen-bond acceptors (Lipinski definition) is 5. The summed E-state index contributed by atoms with van der Waals surface area (Å²) in [5, 5.41) is 14.2. The van der Waals surface area contributed by atoms with Crippen LogP contribution in [0.1, 0.15) is 9.67 Å². The van der Waals surface area contributed by atoms with E-state index < -0.39 is 16.0 Å². The zero-order chi connectivity index (χ0) is 13.3. The molecule has 9 heteroatoms. The Bertz CT molecular complexity index is 686. The maximum Gasteiger partial charge on any atom is 0.347 e. The third-order valence-electron chi connectivity index (χ3n) is 2.07. The first-order valence-electron chi connectivity index (χ1n) is 4.73. The number of sulfonamides is 1. The number of thiophene rings is 1. The Morgan fingerprint density at radius 2 is 2.22 bits per heavy atom. The van der Waals surface area contributed by atoms with Crippen LogP contribution < -0.4 is 4.72 Å². The van der Waals surface area contributed by atoms with Gasteiger partial charge in [-0.1, -0.05) is 0 Å². The Labute approximate surface area is 107 Å². The molecule has 96 valence electrons. The number of aromatic nitrogens is 2. The summed E-state index contributed by atoms with van der Waals surface area (Å²) in [6.45, 7) is 0. The normalized spacial score (nSPS) is 11.4. The van der Waals surface area contributed by atoms with Crippen molar-refractivity contribution in [2.45, 2.75) is 4.90 Å². The van der Waals surface area contributed by atoms with Crippen LogP contribution in [0.5, 0.6) is 0 Å². The van der Waals surface area contributed by atoms with Gasteiger partial charge in [0.05, 0.1) is 0 Å². The molecular weight excluding hydrogens is 278 g/mol. The van der Waals surface area contributed by atoms with Crippen molar-refractivity contribution in [3.05, 3.63) is 28.6 Å². The van der Waals surface area contributed by atoms with E-state index in [0.717, 1.165) is 11.3 Å². The lowest BCUT2D eigenvalue weighted by Crippen LogP contribution is -2.15. The quantitative estimate of drug-likeness (QED) is 0.873. The number of anilines is 1. The van der Waals surface area contributed by atoms with Crippen molar-refractivity contribution in [3.8, 4) is 0 Å². The molecule has 0 bridgehead atoms. The van der Waals surface area contributed by atoms with Crippen LogP contribution in [0.4, 0.5) is 5.82 Å². The fourth-order valence-corrected chi connectivity index (χ4v) is 3.58. The van der Waals surface area contributed by atoms with Gasteiger partial charge in [0.1, 0.15) is 9.77 Å². The van der Waals surface area contributed by atoms with Gasteiger partial charge in [-0.15, -0.1) is 11.3 Å². The summed E-state index contributed by atoms with van der Waals surface area (Å²) >= 11 is 0.856. The van der Waals surface area contributed by atoms with E-state index in [4.69, 9.17) is 5.11 Å². The molecule has 0 aromatic carbocycles. The predicted molar refractivity (Wildman–Crippen MR) is 65.3 cm³/mol. The van der Waals surface area contributed by atoms with Crippen LogP contribution in [0.2, 0.25) is 0 Å². The molecule has 0 saturated carbocycles. The van der Waals surface area contributed by atoms with Gasteiger partial charge in [-0.2, -0.15) is 5.10 Å². The molecule has 2 aromatic rings. The van der Waals surface area contributed by atoms with Crippen molar-refractivity contribution in [1.29, 1.82) is 0 Å². The second-order valence-corrected chi connectivity index (χ2v) is 5.97. The summed E-state index contributed by atoms with van der Waals surface area (Å²) in [5.41, 5.74) is 0. The lowest BCUT2D eigenvalue weighted by molar-refractivity contribution is 0.0698. The van der Waals surface area contributed by atoms with Gasteiger partial charge in [0, 0.05) is 19.3 Å². The second kappa shape index (κ2) is 4.42. The van der Waals surface area contributed by atoms with Crippen molar-refractivity contribution >= 4 is 33.1 Å². The number of rotatable bonds is 4. The molecule has 0 fully saturated rings. The van der Waals surface area contributed by atoms with Gasteiger partial charge in [-0.3, -0.25) is 9.40 Å². The molecule has 2 rings (SSSR count). The molecule has 0 radical (unpaired) electrons. The molecule has 0 aliphatic heterocycles. The van der Waals surface area contributed by atoms with Crippen LogP contribution in [-0.4, -0.2) is 29.3 Å². The summed E-state index contributed by atoms with van der Waals surface area (Å²) in [4.78, 5) is 10.4. The number of aryl methyl sites for hydroxylation is 1. The first-order chi connectivity index (χ1) is 8.40. The van der Waals surface area contributed by atoms with Gasteiger partial charge in [-0.25, -0.2) is 13.2 Å². The number of carboxylic acid groups (broad SMARTS) is 1. The van der Waals surface area contributed by atoms with Crippen molar-refractivity contribution in [2.75, 3.05) is 4.72 Å². The first kappa shape index (κ1) is 12.6. The van der Waals surface area contributed by atoms with E-state index in [0.29, 0.717) is 0 Å². The fraction of sp³-hybridized carbons (Fsp3) is 0.111. The van der Waals surface area contributed by atoms with Crippen LogP contribution in [0.3, 0.4) is 0 Å². The molecule has 0 unspecified atom stereocenters. The minimum Gasteiger partial charge on any atom is -0.477 e. The van der Waals surface area contributed by atoms with E-state index in [1.165, 1.54) is 22.2 Å². The first-order valence-corrected chi connectivity index (χ1v) is 7.09. The highest BCUT2D eigenvalue weighted by molar-refractivity contribution is 7.93.